The van der Waals surface area contributed by atoms with Gasteiger partial charge >= 0.3 is 0 Å². The fourth-order valence-electron chi connectivity index (χ4n) is 2.62. The van der Waals surface area contributed by atoms with Crippen molar-refractivity contribution in [3.8, 4) is 11.5 Å². The summed E-state index contributed by atoms with van der Waals surface area (Å²) in [6, 6.07) is 15.3. The zero-order valence-corrected chi connectivity index (χ0v) is 15.1. The van der Waals surface area contributed by atoms with E-state index in [1.807, 2.05) is 24.3 Å². The third-order valence-corrected chi connectivity index (χ3v) is 4.01. The van der Waals surface area contributed by atoms with Crippen molar-refractivity contribution in [2.24, 2.45) is 0 Å². The molecule has 0 saturated carbocycles. The number of pyridine rings is 1. The molecule has 3 rings (SSSR count). The Bertz CT molecular complexity index is 989. The molecule has 8 heteroatoms. The fraction of sp³-hybridized carbons (Fsp3) is 0.150. The first kappa shape index (κ1) is 19.1. The van der Waals surface area contributed by atoms with Gasteiger partial charge in [0.05, 0.1) is 19.2 Å². The summed E-state index contributed by atoms with van der Waals surface area (Å²) in [6.07, 6.45) is 0. The highest BCUT2D eigenvalue weighted by Crippen LogP contribution is 2.24. The van der Waals surface area contributed by atoms with Crippen LogP contribution in [0.4, 0.5) is 0 Å². The van der Waals surface area contributed by atoms with E-state index in [1.54, 1.807) is 30.8 Å². The third kappa shape index (κ3) is 4.36. The van der Waals surface area contributed by atoms with Gasteiger partial charge in [-0.1, -0.05) is 12.1 Å². The number of hydrogen-bond acceptors (Lipinski definition) is 6. The minimum Gasteiger partial charge on any atom is -0.496 e. The average molecular weight is 381 g/mol. The van der Waals surface area contributed by atoms with Gasteiger partial charge in [0.1, 0.15) is 23.8 Å². The quantitative estimate of drug-likeness (QED) is 0.329. The van der Waals surface area contributed by atoms with Crippen LogP contribution < -0.4 is 20.3 Å². The zero-order chi connectivity index (χ0) is 19.9. The molecule has 0 aliphatic carbocycles. The molecule has 0 aliphatic heterocycles. The maximum atomic E-state index is 12.4. The van der Waals surface area contributed by atoms with E-state index in [2.05, 4.69) is 10.3 Å². The second-order valence-corrected chi connectivity index (χ2v) is 5.80. The van der Waals surface area contributed by atoms with Crippen LogP contribution in [0.1, 0.15) is 20.8 Å². The largest absolute Gasteiger partial charge is 0.496 e. The number of amides is 2. The zero-order valence-electron chi connectivity index (χ0n) is 15.1. The van der Waals surface area contributed by atoms with Gasteiger partial charge in [-0.3, -0.25) is 14.8 Å². The number of fused-ring (bicyclic) bond motifs is 1. The van der Waals surface area contributed by atoms with E-state index < -0.39 is 5.91 Å². The van der Waals surface area contributed by atoms with Gasteiger partial charge in [0.25, 0.3) is 11.8 Å². The van der Waals surface area contributed by atoms with Crippen LogP contribution in [0, 0.1) is 0 Å². The predicted molar refractivity (Wildman–Crippen MR) is 102 cm³/mol. The van der Waals surface area contributed by atoms with Crippen LogP contribution in [0.2, 0.25) is 0 Å². The van der Waals surface area contributed by atoms with Gasteiger partial charge < -0.3 is 14.8 Å². The Hall–Kier alpha value is -3.65. The van der Waals surface area contributed by atoms with Crippen molar-refractivity contribution in [2.45, 2.75) is 0 Å². The molecule has 0 radical (unpaired) electrons. The van der Waals surface area contributed by atoms with Gasteiger partial charge in [0.2, 0.25) is 0 Å². The highest BCUT2D eigenvalue weighted by Gasteiger charge is 2.12. The van der Waals surface area contributed by atoms with Crippen LogP contribution in [-0.2, 0) is 0 Å². The van der Waals surface area contributed by atoms with Crippen LogP contribution >= 0.6 is 0 Å². The molecule has 0 aliphatic rings. The van der Waals surface area contributed by atoms with Crippen LogP contribution in [0.3, 0.4) is 0 Å². The number of carbonyl (C=O) groups excluding carboxylic acids is 2. The van der Waals surface area contributed by atoms with E-state index in [0.717, 1.165) is 5.39 Å². The molecule has 28 heavy (non-hydrogen) atoms. The van der Waals surface area contributed by atoms with E-state index in [1.165, 1.54) is 12.1 Å². The summed E-state index contributed by atoms with van der Waals surface area (Å²) in [7, 11) is 1.55. The second-order valence-electron chi connectivity index (χ2n) is 5.80. The van der Waals surface area contributed by atoms with Crippen molar-refractivity contribution < 1.29 is 24.3 Å². The highest BCUT2D eigenvalue weighted by atomic mass is 16.5. The molecular formula is C20H19N3O5. The van der Waals surface area contributed by atoms with Crippen molar-refractivity contribution in [3.63, 3.8) is 0 Å². The maximum Gasteiger partial charge on any atom is 0.274 e. The Morgan fingerprint density at radius 1 is 1.07 bits per heavy atom. The number of benzene rings is 2. The normalized spacial score (nSPS) is 10.4. The first-order chi connectivity index (χ1) is 13.6. The molecule has 2 aromatic carbocycles. The minimum atomic E-state index is -0.600. The van der Waals surface area contributed by atoms with Gasteiger partial charge in [-0.15, -0.1) is 0 Å². The Kier molecular flexibility index (Phi) is 6.03. The van der Waals surface area contributed by atoms with Crippen LogP contribution in [0.15, 0.2) is 54.6 Å². The molecule has 3 N–H and O–H groups in total. The fourth-order valence-corrected chi connectivity index (χ4v) is 2.62. The van der Waals surface area contributed by atoms with E-state index in [4.69, 9.17) is 14.7 Å². The molecule has 144 valence electrons. The van der Waals surface area contributed by atoms with Crippen LogP contribution in [0.5, 0.6) is 11.5 Å². The highest BCUT2D eigenvalue weighted by molar-refractivity contribution is 5.97. The van der Waals surface area contributed by atoms with Crippen LogP contribution in [0.25, 0.3) is 10.9 Å². The summed E-state index contributed by atoms with van der Waals surface area (Å²) in [5.41, 5.74) is 2.80. The number of nitrogens with one attached hydrogen (secondary N) is 2. The minimum absolute atomic E-state index is 0.238. The predicted octanol–water partition coefficient (Wildman–Crippen LogP) is 2.17. The number of hydrogen-bond donors (Lipinski definition) is 3. The monoisotopic (exact) mass is 381 g/mol. The van der Waals surface area contributed by atoms with Crippen LogP contribution in [-0.4, -0.2) is 42.3 Å². The molecule has 3 aromatic rings. The number of nitrogens with zero attached hydrogens (tertiary/aromatic N) is 1. The van der Waals surface area contributed by atoms with Crippen molar-refractivity contribution >= 4 is 22.7 Å². The molecule has 1 heterocycles. The Balaban J connectivity index is 1.56. The molecule has 0 fully saturated rings. The molecule has 0 spiro atoms. The number of carbonyl (C=O) groups is 2. The van der Waals surface area contributed by atoms with Crippen molar-refractivity contribution in [1.29, 1.82) is 0 Å². The van der Waals surface area contributed by atoms with E-state index in [9.17, 15) is 9.59 Å². The van der Waals surface area contributed by atoms with Crippen molar-refractivity contribution in [3.05, 3.63) is 65.9 Å². The lowest BCUT2D eigenvalue weighted by Gasteiger charge is -2.10. The van der Waals surface area contributed by atoms with Gasteiger partial charge in [0.15, 0.2) is 0 Å². The number of para-hydroxylation sites is 1. The van der Waals surface area contributed by atoms with E-state index in [0.29, 0.717) is 22.6 Å². The second kappa shape index (κ2) is 8.83. The summed E-state index contributed by atoms with van der Waals surface area (Å²) < 4.78 is 10.9. The lowest BCUT2D eigenvalue weighted by Crippen LogP contribution is -2.28. The Morgan fingerprint density at radius 2 is 1.82 bits per heavy atom. The molecule has 1 aromatic heterocycles. The number of ether oxygens (including phenoxy) is 2. The van der Waals surface area contributed by atoms with Gasteiger partial charge in [0, 0.05) is 17.0 Å². The Morgan fingerprint density at radius 3 is 2.54 bits per heavy atom. The number of hydroxylamine groups is 1. The third-order valence-electron chi connectivity index (χ3n) is 4.01. The summed E-state index contributed by atoms with van der Waals surface area (Å²) in [5.74, 6) is 0.188. The lowest BCUT2D eigenvalue weighted by molar-refractivity contribution is 0.0706. The standard InChI is InChI=1S/C20H19N3O5/c1-27-18-12-17(22-16-5-3-2-4-15(16)18)20(25)21-10-11-28-14-8-6-13(7-9-14)19(24)23-26/h2-9,12,26H,10-11H2,1H3,(H,21,25)(H,23,24). The number of methoxy groups -OCH3 is 1. The number of aromatic nitrogens is 1. The smallest absolute Gasteiger partial charge is 0.274 e. The summed E-state index contributed by atoms with van der Waals surface area (Å²) in [5, 5.41) is 12.2. The summed E-state index contributed by atoms with van der Waals surface area (Å²) in [6.45, 7) is 0.510. The van der Waals surface area contributed by atoms with Crippen molar-refractivity contribution in [1.82, 2.24) is 15.8 Å². The molecule has 0 saturated heterocycles. The van der Waals surface area contributed by atoms with Gasteiger partial charge in [-0.25, -0.2) is 10.5 Å². The van der Waals surface area contributed by atoms with Gasteiger partial charge in [-0.05, 0) is 36.4 Å². The molecule has 8 nitrogen and oxygen atoms in total. The summed E-state index contributed by atoms with van der Waals surface area (Å²) >= 11 is 0. The van der Waals surface area contributed by atoms with E-state index >= 15 is 0 Å². The SMILES string of the molecule is COc1cc(C(=O)NCCOc2ccc(C(=O)NO)cc2)nc2ccccc12. The van der Waals surface area contributed by atoms with E-state index in [-0.39, 0.29) is 24.8 Å². The molecule has 0 atom stereocenters. The maximum absolute atomic E-state index is 12.4. The lowest BCUT2D eigenvalue weighted by atomic mass is 10.2. The number of rotatable bonds is 7. The Labute approximate surface area is 161 Å². The van der Waals surface area contributed by atoms with Crippen molar-refractivity contribution in [2.75, 3.05) is 20.3 Å². The molecule has 0 unspecified atom stereocenters. The molecule has 0 bridgehead atoms. The summed E-state index contributed by atoms with van der Waals surface area (Å²) in [4.78, 5) is 28.0. The topological polar surface area (TPSA) is 110 Å². The van der Waals surface area contributed by atoms with Gasteiger partial charge in [-0.2, -0.15) is 0 Å². The molecular weight excluding hydrogens is 362 g/mol. The average Bonchev–Trinajstić information content (AvgIpc) is 2.75. The first-order valence-electron chi connectivity index (χ1n) is 8.51. The molecule has 2 amide bonds. The first-order valence-corrected chi connectivity index (χ1v) is 8.51.